The number of nitrogens with zero attached hydrogens (tertiary/aromatic N) is 30. The van der Waals surface area contributed by atoms with Gasteiger partial charge in [-0.1, -0.05) is 46.6 Å². The van der Waals surface area contributed by atoms with E-state index >= 15 is 0 Å². The van der Waals surface area contributed by atoms with Crippen LogP contribution < -0.4 is 32.7 Å². The van der Waals surface area contributed by atoms with E-state index in [4.69, 9.17) is 70.6 Å². The molecule has 149 heavy (non-hydrogen) atoms. The number of Topliss-reactive ketones (excluding diaryl/α,β-unsaturated/α-hetero) is 2. The van der Waals surface area contributed by atoms with Gasteiger partial charge in [0.2, 0.25) is 0 Å². The molecule has 0 radical (unpaired) electrons. The van der Waals surface area contributed by atoms with E-state index in [1.807, 2.05) is 144 Å². The van der Waals surface area contributed by atoms with E-state index in [1.54, 1.807) is 138 Å². The van der Waals surface area contributed by atoms with Crippen LogP contribution in [-0.2, 0) is 14.3 Å². The van der Waals surface area contributed by atoms with E-state index in [1.165, 1.54) is 26.7 Å². The second-order valence-electron chi connectivity index (χ2n) is 45.8. The smallest absolute Gasteiger partial charge is 0.340 e. The van der Waals surface area contributed by atoms with Crippen LogP contribution in [0.4, 0.5) is 0 Å². The van der Waals surface area contributed by atoms with Crippen LogP contribution in [-0.4, -0.2) is 235 Å². The molecule has 5 unspecified atom stereocenters. The zero-order valence-corrected chi connectivity index (χ0v) is 98.2. The van der Waals surface area contributed by atoms with Gasteiger partial charge in [-0.15, -0.1) is 11.7 Å². The van der Waals surface area contributed by atoms with Crippen molar-refractivity contribution >= 4 is 58.0 Å². The molecule has 0 aromatic heterocycles. The Morgan fingerprint density at radius 2 is 0.738 bits per heavy atom. The lowest BCUT2D eigenvalue weighted by atomic mass is 9.84. The molecule has 13 N–H and O–H groups in total. The zero-order chi connectivity index (χ0) is 117. The van der Waals surface area contributed by atoms with Crippen molar-refractivity contribution in [1.29, 1.82) is 58.5 Å². The number of aliphatic hydroxyl groups is 1. The van der Waals surface area contributed by atoms with Crippen molar-refractivity contribution in [3.63, 3.8) is 0 Å². The molecule has 4 aliphatic heterocycles. The molecule has 6 rings (SSSR count). The number of carbonyl (C=O) groups is 2. The Labute approximate surface area is 892 Å². The number of aliphatic imine (C=N–C) groups is 4. The third-order valence-corrected chi connectivity index (χ3v) is 24.1. The van der Waals surface area contributed by atoms with Gasteiger partial charge in [-0.05, 0) is 318 Å². The molecule has 0 bridgehead atoms. The Balaban J connectivity index is -0.000000794. The topological polar surface area (TPSA) is 702 Å². The number of amidine groups is 6. The number of allylic oxidation sites excluding steroid dienone is 1. The van der Waals surface area contributed by atoms with Crippen LogP contribution >= 0.6 is 0 Å². The molecule has 0 aromatic rings. The summed E-state index contributed by atoms with van der Waals surface area (Å²) < 4.78 is 5.34. The van der Waals surface area contributed by atoms with Crippen molar-refractivity contribution in [2.45, 2.75) is 472 Å². The van der Waals surface area contributed by atoms with Gasteiger partial charge in [-0.25, -0.2) is 6.57 Å². The fourth-order valence-corrected chi connectivity index (χ4v) is 11.5. The predicted molar refractivity (Wildman–Crippen MR) is 594 cm³/mol. The number of nitrogens with one attached hydrogen (secondary N) is 8. The summed E-state index contributed by atoms with van der Waals surface area (Å²) >= 11 is 0. The summed E-state index contributed by atoms with van der Waals surface area (Å²) in [6.45, 7) is 87.9. The van der Waals surface area contributed by atoms with E-state index in [9.17, 15) is 25.4 Å². The molecule has 830 valence electrons. The second kappa shape index (κ2) is 62.8. The summed E-state index contributed by atoms with van der Waals surface area (Å²) in [4.78, 5) is 43.6. The predicted octanol–water partition coefficient (Wildman–Crippen LogP) is 22.3. The molecule has 0 saturated heterocycles. The molecule has 5 atom stereocenters. The molecule has 2 saturated carbocycles. The van der Waals surface area contributed by atoms with Gasteiger partial charge in [0.05, 0.1) is 74.3 Å². The summed E-state index contributed by atoms with van der Waals surface area (Å²) in [6.07, 6.45) is 14.4. The lowest BCUT2D eigenvalue weighted by Crippen LogP contribution is -2.41. The molecule has 0 spiro atoms. The van der Waals surface area contributed by atoms with Gasteiger partial charge in [-0.2, -0.15) is 124 Å². The van der Waals surface area contributed by atoms with Crippen LogP contribution in [0.2, 0.25) is 0 Å². The van der Waals surface area contributed by atoms with Gasteiger partial charge in [-0.3, -0.25) is 45.2 Å². The van der Waals surface area contributed by atoms with E-state index in [2.05, 4.69) is 175 Å². The largest absolute Gasteiger partial charge is 0.396 e. The molecule has 2 fully saturated rings. The van der Waals surface area contributed by atoms with Crippen LogP contribution in [0.1, 0.15) is 366 Å². The van der Waals surface area contributed by atoms with E-state index in [0.29, 0.717) is 49.4 Å². The third-order valence-electron chi connectivity index (χ3n) is 24.1. The fraction of sp³-hybridized carbons (Fsp3) is 0.810. The maximum Gasteiger partial charge on any atom is 0.340 e. The number of hydrogen-bond acceptors (Lipinski definition) is 41. The van der Waals surface area contributed by atoms with Gasteiger partial charge in [0.25, 0.3) is 0 Å². The first-order valence-corrected chi connectivity index (χ1v) is 50.9. The average molecular weight is 2070 g/mol. The summed E-state index contributed by atoms with van der Waals surface area (Å²) in [5, 5.41) is 189. The Bertz CT molecular complexity index is 4690. The molecular weight excluding hydrogens is 1890 g/mol. The number of ketones is 2. The summed E-state index contributed by atoms with van der Waals surface area (Å²) in [5.74, 6) is 3.89. The molecular formula is C105H186N40O4. The molecule has 44 nitrogen and oxygen atoms in total. The van der Waals surface area contributed by atoms with Gasteiger partial charge >= 0.3 is 5.66 Å². The average Bonchev–Trinajstić information content (AvgIpc) is 1.63. The Hall–Kier alpha value is -12.5. The Morgan fingerprint density at radius 1 is 0.450 bits per heavy atom. The minimum Gasteiger partial charge on any atom is -0.396 e. The van der Waals surface area contributed by atoms with Crippen LogP contribution in [0.15, 0.2) is 125 Å². The molecule has 4 heterocycles. The van der Waals surface area contributed by atoms with Crippen molar-refractivity contribution in [2.24, 2.45) is 135 Å². The highest BCUT2D eigenvalue weighted by molar-refractivity contribution is 5.95. The van der Waals surface area contributed by atoms with Crippen molar-refractivity contribution in [3.8, 4) is 42.5 Å². The van der Waals surface area contributed by atoms with Crippen molar-refractivity contribution in [2.75, 3.05) is 66.1 Å². The number of ether oxygens (including phenoxy) is 1. The van der Waals surface area contributed by atoms with Gasteiger partial charge < -0.3 is 53.4 Å². The van der Waals surface area contributed by atoms with Crippen LogP contribution in [0.5, 0.6) is 0 Å². The lowest BCUT2D eigenvalue weighted by Gasteiger charge is -2.29. The number of methoxy groups -OCH3 is 1. The van der Waals surface area contributed by atoms with Crippen molar-refractivity contribution < 1.29 is 19.4 Å². The summed E-state index contributed by atoms with van der Waals surface area (Å²) in [7, 11) is 1.59. The second-order valence-corrected chi connectivity index (χ2v) is 45.8. The van der Waals surface area contributed by atoms with Crippen LogP contribution in [0, 0.1) is 119 Å². The van der Waals surface area contributed by atoms with Crippen molar-refractivity contribution in [3.05, 3.63) is 24.1 Å². The molecule has 6 aliphatic rings. The molecule has 44 heteroatoms. The first kappa shape index (κ1) is 143. The van der Waals surface area contributed by atoms with E-state index in [-0.39, 0.29) is 35.8 Å². The SMILES string of the molecule is C=CC.CC(=N)C(C)(C)N=NC(C)(C)C(C)=N.CC(=O)C(C)(C)N=NC(C)(C)C(C)=O.CC(C)(N=NC(C)(C)C(=N)N)C(=N)N.CC(C)(N=NC(C)(C)C1=NCCN1)C1=NCCN1.CC(C)(N=NC(C)(C)C1=NCCN1)C1=NCCN1.CC(C)CC(C)(C#N)N=NC(C)(C)C#N.CCC(C)(C#N)N=NC(C)(C)C#N.COC(C)(C)CC(C)(C#N)N=NC(C)(C#N)CCC(C)CO.[C-]#[N+]C1(N=NC2(C#N)CCCCC2)CCCCC1. The number of nitriles is 7. The normalized spacial score (nSPS) is 17.8. The van der Waals surface area contributed by atoms with Crippen LogP contribution in [0.3, 0.4) is 0 Å². The molecule has 0 aromatic carbocycles. The number of azo groups is 9. The first-order valence-electron chi connectivity index (χ1n) is 50.9. The Morgan fingerprint density at radius 3 is 0.980 bits per heavy atom. The van der Waals surface area contributed by atoms with E-state index < -0.39 is 105 Å². The minimum atomic E-state index is -1.04. The highest BCUT2D eigenvalue weighted by atomic mass is 16.5. The molecule has 2 aliphatic carbocycles. The maximum absolute atomic E-state index is 11.1. The van der Waals surface area contributed by atoms with Gasteiger partial charge in [0.1, 0.15) is 90.4 Å². The Kier molecular flexibility index (Phi) is 60.2. The monoisotopic (exact) mass is 2070 g/mol. The highest BCUT2D eigenvalue weighted by Gasteiger charge is 2.43. The number of carbonyl (C=O) groups excluding carboxylic acids is 2. The number of rotatable bonds is 38. The number of hydrogen-bond donors (Lipinski definition) is 11. The fourth-order valence-electron chi connectivity index (χ4n) is 11.5. The third kappa shape index (κ3) is 56.1. The van der Waals surface area contributed by atoms with Crippen LogP contribution in [0.25, 0.3) is 4.85 Å². The highest BCUT2D eigenvalue weighted by Crippen LogP contribution is 2.39. The molecule has 0 amide bonds. The number of nitrogens with two attached hydrogens (primary N) is 2. The number of aliphatic hydroxyl groups excluding tert-OH is 1. The van der Waals surface area contributed by atoms with Crippen molar-refractivity contribution in [1.82, 2.24) is 21.3 Å². The minimum absolute atomic E-state index is 0.0689. The lowest BCUT2D eigenvalue weighted by molar-refractivity contribution is -0.122. The quantitative estimate of drug-likeness (QED) is 0.00899. The van der Waals surface area contributed by atoms with Gasteiger partial charge in [0, 0.05) is 70.6 Å². The zero-order valence-electron chi connectivity index (χ0n) is 98.2. The standard InChI is InChI=1S/C16H28N4O2.C14H20N4.2C12H22N6.C11H18N4.C10H20N4.C10H18N2O2.C9H14N4.C8H18N6.C3H6/c1-13(9-21)7-8-15(4,11-17)19-20-16(5,12-18)10-14(2,3)22-6;1-16-14(10-6-3-7-11-14)18-17-13(12-15)8-4-2-5-9-13;2*1-11(2,9-13-5-6-14-9)17-18-12(3,4)10-15-7-8-16-10;1-9(2)6-11(5,8-13)15-14-10(3,4)7-12;1-7(11)9(3,4)13-14-10(5,6)8(2)12;1-7(13)9(3,4)11-12-10(5,6)8(2)14;1-5-9(4,7-11)13-12-8(2,3)6-10;1-7(2,5(9)10)13-14-8(3,4)6(11)12;1-3-2/h13,21H,7-10H2,1-6H3;2-11H2;2*5-8H2,1-4H3,(H,13,14)(H,15,16);9H,6H2,1-5H3;11-12H,1-6H3;1-6H3;5H2,1-4H3;1-4H3,(H3,9,10)(H3,11,12);3H,1H2,2H3. The summed E-state index contributed by atoms with van der Waals surface area (Å²) in [6, 6.07) is 14.8. The first-order chi connectivity index (χ1) is 68.0. The van der Waals surface area contributed by atoms with Gasteiger partial charge in [0.15, 0.2) is 50.3 Å². The van der Waals surface area contributed by atoms with E-state index in [0.717, 1.165) is 127 Å². The summed E-state index contributed by atoms with van der Waals surface area (Å²) in [5.41, 5.74) is -1.61. The maximum atomic E-state index is 11.1.